The molecular weight excluding hydrogens is 302 g/mol. The van der Waals surface area contributed by atoms with E-state index in [0.29, 0.717) is 6.54 Å². The van der Waals surface area contributed by atoms with Crippen LogP contribution in [0.3, 0.4) is 0 Å². The van der Waals surface area contributed by atoms with Crippen LogP contribution in [0.5, 0.6) is 0 Å². The zero-order valence-electron chi connectivity index (χ0n) is 15.5. The Morgan fingerprint density at radius 1 is 0.917 bits per heavy atom. The number of nitrogens with one attached hydrogen (secondary N) is 1. The molecule has 0 saturated heterocycles. The molecule has 2 N–H and O–H groups in total. The molecule has 0 fully saturated rings. The molecule has 0 saturated carbocycles. The maximum Gasteiger partial charge on any atom is 0.407 e. The summed E-state index contributed by atoms with van der Waals surface area (Å²) in [7, 11) is 0. The van der Waals surface area contributed by atoms with Gasteiger partial charge in [0.15, 0.2) is 0 Å². The van der Waals surface area contributed by atoms with Crippen LogP contribution in [0, 0.1) is 0 Å². The lowest BCUT2D eigenvalue weighted by Crippen LogP contribution is -2.26. The minimum absolute atomic E-state index is 0.0635. The molecule has 0 bridgehead atoms. The van der Waals surface area contributed by atoms with Gasteiger partial charge in [-0.25, -0.2) is 4.79 Å². The highest BCUT2D eigenvalue weighted by atomic mass is 16.6. The average Bonchev–Trinajstić information content (AvgIpc) is 2.59. The standard InChI is InChI=1S/C20H37NO3/c1-2-3-4-5-6-7-8-9-10-11-12-13-14-15-16-17-21-20(23)24-19-18-22/h6-7,9-10,22H,2-5,8,11-19H2,1H3,(H,21,23). The lowest BCUT2D eigenvalue weighted by Gasteiger charge is -2.05. The Bertz CT molecular complexity index is 327. The van der Waals surface area contributed by atoms with Crippen LogP contribution < -0.4 is 5.32 Å². The maximum absolute atomic E-state index is 11.1. The number of unbranched alkanes of at least 4 members (excludes halogenated alkanes) is 8. The molecule has 0 atom stereocenters. The number of allylic oxidation sites excluding steroid dienone is 4. The van der Waals surface area contributed by atoms with Crippen molar-refractivity contribution in [3.05, 3.63) is 24.3 Å². The topological polar surface area (TPSA) is 58.6 Å². The van der Waals surface area contributed by atoms with Gasteiger partial charge < -0.3 is 15.2 Å². The molecule has 0 aliphatic heterocycles. The fourth-order valence-corrected chi connectivity index (χ4v) is 2.32. The van der Waals surface area contributed by atoms with Gasteiger partial charge in [0.25, 0.3) is 0 Å². The lowest BCUT2D eigenvalue weighted by molar-refractivity contribution is 0.119. The summed E-state index contributed by atoms with van der Waals surface area (Å²) in [5, 5.41) is 11.2. The molecular formula is C20H37NO3. The Labute approximate surface area is 148 Å². The number of ether oxygens (including phenoxy) is 1. The number of amides is 1. The highest BCUT2D eigenvalue weighted by molar-refractivity contribution is 5.66. The average molecular weight is 340 g/mol. The van der Waals surface area contributed by atoms with Crippen molar-refractivity contribution in [3.63, 3.8) is 0 Å². The van der Waals surface area contributed by atoms with E-state index in [1.54, 1.807) is 0 Å². The van der Waals surface area contributed by atoms with Crippen LogP contribution in [0.4, 0.5) is 4.79 Å². The number of hydrogen-bond donors (Lipinski definition) is 2. The monoisotopic (exact) mass is 339 g/mol. The Hall–Kier alpha value is -1.29. The molecule has 4 heteroatoms. The van der Waals surface area contributed by atoms with Crippen molar-refractivity contribution in [3.8, 4) is 0 Å². The summed E-state index contributed by atoms with van der Waals surface area (Å²) in [5.74, 6) is 0. The molecule has 0 rings (SSSR count). The minimum Gasteiger partial charge on any atom is -0.447 e. The zero-order valence-corrected chi connectivity index (χ0v) is 15.5. The van der Waals surface area contributed by atoms with Gasteiger partial charge in [-0.05, 0) is 38.5 Å². The number of hydrogen-bond acceptors (Lipinski definition) is 3. The number of alkyl carbamates (subject to hydrolysis) is 1. The number of carbonyl (C=O) groups is 1. The van der Waals surface area contributed by atoms with Crippen LogP contribution in [0.15, 0.2) is 24.3 Å². The lowest BCUT2D eigenvalue weighted by atomic mass is 10.1. The van der Waals surface area contributed by atoms with Crippen molar-refractivity contribution in [2.45, 2.75) is 77.6 Å². The molecule has 24 heavy (non-hydrogen) atoms. The van der Waals surface area contributed by atoms with E-state index in [9.17, 15) is 4.79 Å². The molecule has 0 unspecified atom stereocenters. The van der Waals surface area contributed by atoms with E-state index >= 15 is 0 Å². The van der Waals surface area contributed by atoms with Crippen LogP contribution in [0.1, 0.15) is 77.6 Å². The van der Waals surface area contributed by atoms with Gasteiger partial charge in [0.1, 0.15) is 6.61 Å². The Kier molecular flexibility index (Phi) is 18.7. The predicted octanol–water partition coefficient (Wildman–Crippen LogP) is 5.13. The van der Waals surface area contributed by atoms with Gasteiger partial charge in [0.2, 0.25) is 0 Å². The minimum atomic E-state index is -0.436. The first kappa shape index (κ1) is 22.7. The van der Waals surface area contributed by atoms with E-state index in [1.807, 2.05) is 0 Å². The highest BCUT2D eigenvalue weighted by Crippen LogP contribution is 2.06. The number of aliphatic hydroxyl groups excluding tert-OH is 1. The summed E-state index contributed by atoms with van der Waals surface area (Å²) in [6, 6.07) is 0. The van der Waals surface area contributed by atoms with Gasteiger partial charge in [-0.3, -0.25) is 0 Å². The first-order chi connectivity index (χ1) is 11.8. The summed E-state index contributed by atoms with van der Waals surface area (Å²) in [4.78, 5) is 11.1. The normalized spacial score (nSPS) is 11.4. The highest BCUT2D eigenvalue weighted by Gasteiger charge is 1.99. The molecule has 0 heterocycles. The third kappa shape index (κ3) is 18.8. The maximum atomic E-state index is 11.1. The van der Waals surface area contributed by atoms with E-state index in [0.717, 1.165) is 25.7 Å². The van der Waals surface area contributed by atoms with Gasteiger partial charge in [-0.1, -0.05) is 63.3 Å². The van der Waals surface area contributed by atoms with Crippen LogP contribution in [0.25, 0.3) is 0 Å². The fourth-order valence-electron chi connectivity index (χ4n) is 2.32. The van der Waals surface area contributed by atoms with Crippen LogP contribution in [-0.4, -0.2) is 31.0 Å². The molecule has 140 valence electrons. The van der Waals surface area contributed by atoms with Gasteiger partial charge in [0.05, 0.1) is 6.61 Å². The molecule has 0 spiro atoms. The second-order valence-electron chi connectivity index (χ2n) is 6.02. The van der Waals surface area contributed by atoms with Crippen molar-refractivity contribution < 1.29 is 14.6 Å². The van der Waals surface area contributed by atoms with E-state index in [2.05, 4.69) is 36.5 Å². The van der Waals surface area contributed by atoms with Gasteiger partial charge in [-0.2, -0.15) is 0 Å². The van der Waals surface area contributed by atoms with Gasteiger partial charge in [0, 0.05) is 6.54 Å². The fraction of sp³-hybridized carbons (Fsp3) is 0.750. The van der Waals surface area contributed by atoms with Crippen molar-refractivity contribution in [2.24, 2.45) is 0 Å². The molecule has 0 radical (unpaired) electrons. The van der Waals surface area contributed by atoms with Crippen molar-refractivity contribution >= 4 is 6.09 Å². The second kappa shape index (κ2) is 19.8. The van der Waals surface area contributed by atoms with E-state index in [4.69, 9.17) is 9.84 Å². The summed E-state index contributed by atoms with van der Waals surface area (Å²) < 4.78 is 4.70. The zero-order chi connectivity index (χ0) is 17.7. The van der Waals surface area contributed by atoms with Crippen molar-refractivity contribution in [2.75, 3.05) is 19.8 Å². The Morgan fingerprint density at radius 3 is 2.21 bits per heavy atom. The molecule has 4 nitrogen and oxygen atoms in total. The molecule has 0 aromatic carbocycles. The molecule has 0 aliphatic carbocycles. The van der Waals surface area contributed by atoms with Crippen molar-refractivity contribution in [1.82, 2.24) is 5.32 Å². The first-order valence-electron chi connectivity index (χ1n) is 9.62. The molecule has 0 aliphatic rings. The summed E-state index contributed by atoms with van der Waals surface area (Å²) in [6.07, 6.45) is 21.9. The molecule has 0 aromatic heterocycles. The SMILES string of the molecule is CCCCCC=CCC=CCCCCCCCNC(=O)OCCO. The molecule has 1 amide bonds. The van der Waals surface area contributed by atoms with Gasteiger partial charge in [-0.15, -0.1) is 0 Å². The second-order valence-corrected chi connectivity index (χ2v) is 6.02. The Morgan fingerprint density at radius 2 is 1.54 bits per heavy atom. The number of rotatable bonds is 16. The predicted molar refractivity (Wildman–Crippen MR) is 101 cm³/mol. The quantitative estimate of drug-likeness (QED) is 0.303. The van der Waals surface area contributed by atoms with E-state index in [1.165, 1.54) is 44.9 Å². The summed E-state index contributed by atoms with van der Waals surface area (Å²) in [6.45, 7) is 2.82. The third-order valence-electron chi connectivity index (χ3n) is 3.72. The smallest absolute Gasteiger partial charge is 0.407 e. The largest absolute Gasteiger partial charge is 0.447 e. The van der Waals surface area contributed by atoms with Crippen LogP contribution >= 0.6 is 0 Å². The Balaban J connectivity index is 3.22. The summed E-state index contributed by atoms with van der Waals surface area (Å²) >= 11 is 0. The van der Waals surface area contributed by atoms with Crippen LogP contribution in [-0.2, 0) is 4.74 Å². The number of carbonyl (C=O) groups excluding carboxylic acids is 1. The number of aliphatic hydroxyl groups is 1. The van der Waals surface area contributed by atoms with E-state index < -0.39 is 6.09 Å². The van der Waals surface area contributed by atoms with Gasteiger partial charge >= 0.3 is 6.09 Å². The third-order valence-corrected chi connectivity index (χ3v) is 3.72. The summed E-state index contributed by atoms with van der Waals surface area (Å²) in [5.41, 5.74) is 0. The molecule has 0 aromatic rings. The first-order valence-corrected chi connectivity index (χ1v) is 9.62. The van der Waals surface area contributed by atoms with Crippen LogP contribution in [0.2, 0.25) is 0 Å². The van der Waals surface area contributed by atoms with E-state index in [-0.39, 0.29) is 13.2 Å². The van der Waals surface area contributed by atoms with Crippen molar-refractivity contribution in [1.29, 1.82) is 0 Å².